The molecule has 1 heterocycles. The summed E-state index contributed by atoms with van der Waals surface area (Å²) in [5, 5.41) is 0. The molecule has 1 amide bonds. The topological polar surface area (TPSA) is 55.6 Å². The number of carbonyl (C=O) groups excluding carboxylic acids is 1. The molecule has 4 heteroatoms. The zero-order valence-electron chi connectivity index (χ0n) is 11.2. The number of carbonyl (C=O) groups is 1. The van der Waals surface area contributed by atoms with E-state index in [1.807, 2.05) is 4.90 Å². The van der Waals surface area contributed by atoms with Crippen LogP contribution in [-0.4, -0.2) is 43.7 Å². The van der Waals surface area contributed by atoms with Gasteiger partial charge < -0.3 is 15.4 Å². The fraction of sp³-hybridized carbons (Fsp3) is 0.786. The van der Waals surface area contributed by atoms with Crippen LogP contribution in [0, 0.1) is 5.92 Å². The summed E-state index contributed by atoms with van der Waals surface area (Å²) in [4.78, 5) is 14.3. The SMILES string of the molecule is COCC1=CCN(C(=O)C2CCCC(N)C2)CC1. The van der Waals surface area contributed by atoms with E-state index in [0.29, 0.717) is 12.5 Å². The van der Waals surface area contributed by atoms with Crippen molar-refractivity contribution in [3.05, 3.63) is 11.6 Å². The second-order valence-corrected chi connectivity index (χ2v) is 5.45. The average molecular weight is 252 g/mol. The predicted octanol–water partition coefficient (Wildman–Crippen LogP) is 1.31. The summed E-state index contributed by atoms with van der Waals surface area (Å²) >= 11 is 0. The highest BCUT2D eigenvalue weighted by Crippen LogP contribution is 2.26. The number of amides is 1. The molecule has 1 aliphatic heterocycles. The van der Waals surface area contributed by atoms with Crippen LogP contribution in [0.2, 0.25) is 0 Å². The molecule has 2 atom stereocenters. The Morgan fingerprint density at radius 3 is 3.00 bits per heavy atom. The van der Waals surface area contributed by atoms with E-state index in [1.165, 1.54) is 5.57 Å². The molecule has 2 rings (SSSR count). The van der Waals surface area contributed by atoms with Crippen LogP contribution in [0.5, 0.6) is 0 Å². The molecule has 1 fully saturated rings. The molecule has 0 aromatic carbocycles. The van der Waals surface area contributed by atoms with Gasteiger partial charge in [0.25, 0.3) is 0 Å². The summed E-state index contributed by atoms with van der Waals surface area (Å²) in [5.41, 5.74) is 7.26. The smallest absolute Gasteiger partial charge is 0.226 e. The maximum Gasteiger partial charge on any atom is 0.226 e. The van der Waals surface area contributed by atoms with Gasteiger partial charge in [0.2, 0.25) is 5.91 Å². The van der Waals surface area contributed by atoms with Gasteiger partial charge in [-0.3, -0.25) is 4.79 Å². The van der Waals surface area contributed by atoms with Crippen molar-refractivity contribution >= 4 is 5.91 Å². The Hall–Kier alpha value is -0.870. The van der Waals surface area contributed by atoms with Gasteiger partial charge in [-0.1, -0.05) is 12.5 Å². The van der Waals surface area contributed by atoms with Crippen molar-refractivity contribution in [2.24, 2.45) is 11.7 Å². The number of rotatable bonds is 3. The fourth-order valence-corrected chi connectivity index (χ4v) is 2.94. The van der Waals surface area contributed by atoms with Gasteiger partial charge in [0.05, 0.1) is 6.61 Å². The fourth-order valence-electron chi connectivity index (χ4n) is 2.94. The van der Waals surface area contributed by atoms with E-state index in [1.54, 1.807) is 7.11 Å². The summed E-state index contributed by atoms with van der Waals surface area (Å²) in [7, 11) is 1.71. The summed E-state index contributed by atoms with van der Waals surface area (Å²) in [6.45, 7) is 2.26. The molecule has 0 spiro atoms. The van der Waals surface area contributed by atoms with Crippen LogP contribution >= 0.6 is 0 Å². The van der Waals surface area contributed by atoms with Crippen molar-refractivity contribution in [3.63, 3.8) is 0 Å². The summed E-state index contributed by atoms with van der Waals surface area (Å²) < 4.78 is 5.12. The number of hydrogen-bond donors (Lipinski definition) is 1. The zero-order valence-corrected chi connectivity index (χ0v) is 11.2. The van der Waals surface area contributed by atoms with E-state index in [2.05, 4.69) is 6.08 Å². The monoisotopic (exact) mass is 252 g/mol. The molecule has 2 unspecified atom stereocenters. The largest absolute Gasteiger partial charge is 0.380 e. The van der Waals surface area contributed by atoms with Crippen molar-refractivity contribution in [2.45, 2.75) is 38.1 Å². The van der Waals surface area contributed by atoms with Gasteiger partial charge in [-0.2, -0.15) is 0 Å². The van der Waals surface area contributed by atoms with Crippen molar-refractivity contribution in [1.29, 1.82) is 0 Å². The van der Waals surface area contributed by atoms with E-state index in [4.69, 9.17) is 10.5 Å². The Morgan fingerprint density at radius 1 is 1.56 bits per heavy atom. The minimum absolute atomic E-state index is 0.158. The predicted molar refractivity (Wildman–Crippen MR) is 71.1 cm³/mol. The first-order valence-electron chi connectivity index (χ1n) is 6.92. The van der Waals surface area contributed by atoms with Gasteiger partial charge in [-0.05, 0) is 31.3 Å². The molecule has 1 saturated carbocycles. The first-order chi connectivity index (χ1) is 8.70. The van der Waals surface area contributed by atoms with Crippen LogP contribution < -0.4 is 5.73 Å². The van der Waals surface area contributed by atoms with E-state index in [-0.39, 0.29) is 12.0 Å². The molecule has 0 radical (unpaired) electrons. The molecular formula is C14H24N2O2. The quantitative estimate of drug-likeness (QED) is 0.770. The summed E-state index contributed by atoms with van der Waals surface area (Å²) in [5.74, 6) is 0.462. The maximum atomic E-state index is 12.4. The molecule has 0 aromatic heterocycles. The lowest BCUT2D eigenvalue weighted by atomic mass is 9.85. The van der Waals surface area contributed by atoms with Gasteiger partial charge in [0.1, 0.15) is 0 Å². The lowest BCUT2D eigenvalue weighted by Gasteiger charge is -2.33. The second-order valence-electron chi connectivity index (χ2n) is 5.45. The molecule has 0 bridgehead atoms. The number of nitrogens with zero attached hydrogens (tertiary/aromatic N) is 1. The van der Waals surface area contributed by atoms with E-state index in [0.717, 1.165) is 45.2 Å². The molecule has 2 aliphatic rings. The first kappa shape index (κ1) is 13.6. The minimum Gasteiger partial charge on any atom is -0.380 e. The maximum absolute atomic E-state index is 12.4. The lowest BCUT2D eigenvalue weighted by molar-refractivity contribution is -0.136. The van der Waals surface area contributed by atoms with Crippen LogP contribution in [0.1, 0.15) is 32.1 Å². The number of methoxy groups -OCH3 is 1. The number of hydrogen-bond acceptors (Lipinski definition) is 3. The van der Waals surface area contributed by atoms with Gasteiger partial charge >= 0.3 is 0 Å². The summed E-state index contributed by atoms with van der Waals surface area (Å²) in [6, 6.07) is 0.220. The van der Waals surface area contributed by atoms with Crippen molar-refractivity contribution in [1.82, 2.24) is 4.90 Å². The Balaban J connectivity index is 1.87. The molecule has 1 aliphatic carbocycles. The third kappa shape index (κ3) is 3.33. The zero-order chi connectivity index (χ0) is 13.0. The third-order valence-electron chi connectivity index (χ3n) is 4.01. The van der Waals surface area contributed by atoms with Crippen LogP contribution in [0.4, 0.5) is 0 Å². The van der Waals surface area contributed by atoms with Gasteiger partial charge in [0, 0.05) is 32.2 Å². The van der Waals surface area contributed by atoms with Crippen LogP contribution in [-0.2, 0) is 9.53 Å². The van der Waals surface area contributed by atoms with Gasteiger partial charge in [-0.15, -0.1) is 0 Å². The first-order valence-corrected chi connectivity index (χ1v) is 6.92. The van der Waals surface area contributed by atoms with E-state index >= 15 is 0 Å². The Morgan fingerprint density at radius 2 is 2.39 bits per heavy atom. The highest BCUT2D eigenvalue weighted by molar-refractivity contribution is 5.79. The molecule has 18 heavy (non-hydrogen) atoms. The Bertz CT molecular complexity index is 328. The highest BCUT2D eigenvalue weighted by Gasteiger charge is 2.29. The lowest BCUT2D eigenvalue weighted by Crippen LogP contribution is -2.42. The average Bonchev–Trinajstić information content (AvgIpc) is 2.39. The molecule has 4 nitrogen and oxygen atoms in total. The number of nitrogens with two attached hydrogens (primary N) is 1. The standard InChI is InChI=1S/C14H24N2O2/c1-18-10-11-5-7-16(8-6-11)14(17)12-3-2-4-13(15)9-12/h5,12-13H,2-4,6-10,15H2,1H3. The van der Waals surface area contributed by atoms with Crippen LogP contribution in [0.15, 0.2) is 11.6 Å². The molecule has 2 N–H and O–H groups in total. The Kier molecular flexibility index (Phi) is 4.78. The second kappa shape index (κ2) is 6.34. The van der Waals surface area contributed by atoms with Gasteiger partial charge in [0.15, 0.2) is 0 Å². The van der Waals surface area contributed by atoms with E-state index in [9.17, 15) is 4.79 Å². The molecule has 102 valence electrons. The van der Waals surface area contributed by atoms with Crippen LogP contribution in [0.25, 0.3) is 0 Å². The molecule has 0 aromatic rings. The number of ether oxygens (including phenoxy) is 1. The summed E-state index contributed by atoms with van der Waals surface area (Å²) in [6.07, 6.45) is 7.12. The molecular weight excluding hydrogens is 228 g/mol. The van der Waals surface area contributed by atoms with Crippen molar-refractivity contribution in [3.8, 4) is 0 Å². The van der Waals surface area contributed by atoms with E-state index < -0.39 is 0 Å². The molecule has 0 saturated heterocycles. The van der Waals surface area contributed by atoms with Crippen molar-refractivity contribution in [2.75, 3.05) is 26.8 Å². The van der Waals surface area contributed by atoms with Crippen LogP contribution in [0.3, 0.4) is 0 Å². The minimum atomic E-state index is 0.158. The van der Waals surface area contributed by atoms with Gasteiger partial charge in [-0.25, -0.2) is 0 Å². The third-order valence-corrected chi connectivity index (χ3v) is 4.01. The van der Waals surface area contributed by atoms with Crippen molar-refractivity contribution < 1.29 is 9.53 Å². The normalized spacial score (nSPS) is 29.0. The Labute approximate surface area is 109 Å². The highest BCUT2D eigenvalue weighted by atomic mass is 16.5.